The molecule has 1 aromatic rings. The minimum atomic E-state index is 0.625. The molecule has 1 saturated heterocycles. The Hall–Kier alpha value is -1.91. The lowest BCUT2D eigenvalue weighted by Gasteiger charge is -2.33. The smallest absolute Gasteiger partial charge is 0.209 e. The first-order chi connectivity index (χ1) is 8.24. The maximum atomic E-state index is 10.7. The van der Waals surface area contributed by atoms with E-state index in [4.69, 9.17) is 0 Å². The van der Waals surface area contributed by atoms with Crippen LogP contribution >= 0.6 is 0 Å². The highest BCUT2D eigenvalue weighted by Crippen LogP contribution is 2.16. The van der Waals surface area contributed by atoms with Gasteiger partial charge in [0.1, 0.15) is 5.82 Å². The maximum absolute atomic E-state index is 10.7. The molecule has 5 heteroatoms. The SMILES string of the molecule is Cc1cc(N2CCN(C=O)CC2)ncc1C=O. The number of aldehydes is 1. The molecule has 90 valence electrons. The third-order valence-corrected chi connectivity index (χ3v) is 3.05. The van der Waals surface area contributed by atoms with Crippen molar-refractivity contribution in [3.05, 3.63) is 23.4 Å². The molecule has 0 unspecified atom stereocenters. The number of piperazine rings is 1. The average Bonchev–Trinajstić information content (AvgIpc) is 2.39. The van der Waals surface area contributed by atoms with Crippen LogP contribution in [0.3, 0.4) is 0 Å². The molecule has 0 spiro atoms. The molecule has 2 rings (SSSR count). The quantitative estimate of drug-likeness (QED) is 0.713. The van der Waals surface area contributed by atoms with Crippen molar-refractivity contribution in [2.24, 2.45) is 0 Å². The summed E-state index contributed by atoms with van der Waals surface area (Å²) in [7, 11) is 0. The number of aromatic nitrogens is 1. The molecule has 0 N–H and O–H groups in total. The first kappa shape index (κ1) is 11.6. The molecule has 1 aromatic heterocycles. The van der Waals surface area contributed by atoms with E-state index in [0.717, 1.165) is 50.3 Å². The van der Waals surface area contributed by atoms with Crippen molar-refractivity contribution in [1.82, 2.24) is 9.88 Å². The zero-order valence-corrected chi connectivity index (χ0v) is 9.80. The molecule has 17 heavy (non-hydrogen) atoms. The summed E-state index contributed by atoms with van der Waals surface area (Å²) in [5.41, 5.74) is 1.56. The minimum absolute atomic E-state index is 0.625. The van der Waals surface area contributed by atoms with Crippen LogP contribution in [0.2, 0.25) is 0 Å². The maximum Gasteiger partial charge on any atom is 0.209 e. The number of nitrogens with zero attached hydrogens (tertiary/aromatic N) is 3. The van der Waals surface area contributed by atoms with Gasteiger partial charge in [0.15, 0.2) is 6.29 Å². The van der Waals surface area contributed by atoms with Crippen molar-refractivity contribution in [3.8, 4) is 0 Å². The van der Waals surface area contributed by atoms with Crippen molar-refractivity contribution in [1.29, 1.82) is 0 Å². The summed E-state index contributed by atoms with van der Waals surface area (Å²) in [4.78, 5) is 29.4. The van der Waals surface area contributed by atoms with Gasteiger partial charge >= 0.3 is 0 Å². The van der Waals surface area contributed by atoms with E-state index >= 15 is 0 Å². The number of hydrogen-bond acceptors (Lipinski definition) is 4. The standard InChI is InChI=1S/C12H15N3O2/c1-10-6-12(13-7-11(10)8-16)15-4-2-14(9-17)3-5-15/h6-9H,2-5H2,1H3. The molecule has 0 radical (unpaired) electrons. The van der Waals surface area contributed by atoms with E-state index in [-0.39, 0.29) is 0 Å². The van der Waals surface area contributed by atoms with Gasteiger partial charge in [-0.3, -0.25) is 9.59 Å². The molecule has 0 atom stereocenters. The predicted octanol–water partition coefficient (Wildman–Crippen LogP) is 0.481. The second-order valence-electron chi connectivity index (χ2n) is 4.15. The van der Waals surface area contributed by atoms with Crippen LogP contribution in [0, 0.1) is 6.92 Å². The molecule has 1 amide bonds. The van der Waals surface area contributed by atoms with Gasteiger partial charge in [0.2, 0.25) is 6.41 Å². The molecule has 0 aliphatic carbocycles. The van der Waals surface area contributed by atoms with Crippen molar-refractivity contribution in [2.45, 2.75) is 6.92 Å². The fraction of sp³-hybridized carbons (Fsp3) is 0.417. The summed E-state index contributed by atoms with van der Waals surface area (Å²) in [6.45, 7) is 4.91. The van der Waals surface area contributed by atoms with E-state index in [1.807, 2.05) is 13.0 Å². The largest absolute Gasteiger partial charge is 0.353 e. The Morgan fingerprint density at radius 3 is 2.47 bits per heavy atom. The zero-order chi connectivity index (χ0) is 12.3. The van der Waals surface area contributed by atoms with E-state index in [1.165, 1.54) is 0 Å². The number of rotatable bonds is 3. The van der Waals surface area contributed by atoms with E-state index in [9.17, 15) is 9.59 Å². The summed E-state index contributed by atoms with van der Waals surface area (Å²) in [6, 6.07) is 1.92. The fourth-order valence-electron chi connectivity index (χ4n) is 1.90. The highest BCUT2D eigenvalue weighted by Gasteiger charge is 2.16. The predicted molar refractivity (Wildman–Crippen MR) is 64.2 cm³/mol. The van der Waals surface area contributed by atoms with Gasteiger partial charge in [0.05, 0.1) is 0 Å². The second-order valence-corrected chi connectivity index (χ2v) is 4.15. The lowest BCUT2D eigenvalue weighted by molar-refractivity contribution is -0.118. The van der Waals surface area contributed by atoms with E-state index in [0.29, 0.717) is 5.56 Å². The number of hydrogen-bond donors (Lipinski definition) is 0. The zero-order valence-electron chi connectivity index (χ0n) is 9.80. The molecule has 0 bridgehead atoms. The van der Waals surface area contributed by atoms with Gasteiger partial charge in [-0.2, -0.15) is 0 Å². The Balaban J connectivity index is 2.10. The van der Waals surface area contributed by atoms with Gasteiger partial charge in [-0.25, -0.2) is 4.98 Å². The van der Waals surface area contributed by atoms with Crippen LogP contribution in [-0.4, -0.2) is 48.8 Å². The van der Waals surface area contributed by atoms with Crippen molar-refractivity contribution >= 4 is 18.5 Å². The molecule has 0 saturated carbocycles. The fourth-order valence-corrected chi connectivity index (χ4v) is 1.90. The van der Waals surface area contributed by atoms with E-state index in [2.05, 4.69) is 9.88 Å². The van der Waals surface area contributed by atoms with Crippen LogP contribution in [-0.2, 0) is 4.79 Å². The number of aryl methyl sites for hydroxylation is 1. The van der Waals surface area contributed by atoms with Crippen LogP contribution in [0.1, 0.15) is 15.9 Å². The van der Waals surface area contributed by atoms with Crippen LogP contribution in [0.25, 0.3) is 0 Å². The topological polar surface area (TPSA) is 53.5 Å². The highest BCUT2D eigenvalue weighted by molar-refractivity contribution is 5.77. The Kier molecular flexibility index (Phi) is 3.37. The lowest BCUT2D eigenvalue weighted by atomic mass is 10.1. The first-order valence-electron chi connectivity index (χ1n) is 5.60. The highest BCUT2D eigenvalue weighted by atomic mass is 16.1. The first-order valence-corrected chi connectivity index (χ1v) is 5.60. The Morgan fingerprint density at radius 1 is 1.24 bits per heavy atom. The monoisotopic (exact) mass is 233 g/mol. The third kappa shape index (κ3) is 2.43. The number of anilines is 1. The second kappa shape index (κ2) is 4.95. The molecule has 1 fully saturated rings. The molecule has 5 nitrogen and oxygen atoms in total. The number of pyridine rings is 1. The average molecular weight is 233 g/mol. The van der Waals surface area contributed by atoms with Gasteiger partial charge in [0.25, 0.3) is 0 Å². The van der Waals surface area contributed by atoms with Gasteiger partial charge in [-0.05, 0) is 18.6 Å². The van der Waals surface area contributed by atoms with Gasteiger partial charge in [0, 0.05) is 37.9 Å². The van der Waals surface area contributed by atoms with Gasteiger partial charge in [-0.15, -0.1) is 0 Å². The molecule has 1 aliphatic rings. The van der Waals surface area contributed by atoms with E-state index in [1.54, 1.807) is 11.1 Å². The van der Waals surface area contributed by atoms with Gasteiger partial charge in [-0.1, -0.05) is 0 Å². The van der Waals surface area contributed by atoms with Crippen LogP contribution in [0.15, 0.2) is 12.3 Å². The third-order valence-electron chi connectivity index (χ3n) is 3.05. The summed E-state index contributed by atoms with van der Waals surface area (Å²) >= 11 is 0. The number of amides is 1. The van der Waals surface area contributed by atoms with Crippen molar-refractivity contribution in [2.75, 3.05) is 31.1 Å². The van der Waals surface area contributed by atoms with Crippen LogP contribution in [0.5, 0.6) is 0 Å². The summed E-state index contributed by atoms with van der Waals surface area (Å²) in [5.74, 6) is 0.874. The van der Waals surface area contributed by atoms with Crippen molar-refractivity contribution < 1.29 is 9.59 Å². The van der Waals surface area contributed by atoms with Gasteiger partial charge < -0.3 is 9.80 Å². The Labute approximate surface area is 100 Å². The molecule has 1 aliphatic heterocycles. The number of carbonyl (C=O) groups is 2. The Morgan fingerprint density at radius 2 is 1.94 bits per heavy atom. The Bertz CT molecular complexity index is 426. The van der Waals surface area contributed by atoms with Crippen LogP contribution < -0.4 is 4.90 Å². The minimum Gasteiger partial charge on any atom is -0.353 e. The summed E-state index contributed by atoms with van der Waals surface area (Å²) in [6.07, 6.45) is 3.30. The molecular weight excluding hydrogens is 218 g/mol. The molecule has 0 aromatic carbocycles. The summed E-state index contributed by atoms with van der Waals surface area (Å²) in [5, 5.41) is 0. The van der Waals surface area contributed by atoms with E-state index < -0.39 is 0 Å². The molecule has 2 heterocycles. The van der Waals surface area contributed by atoms with Crippen molar-refractivity contribution in [3.63, 3.8) is 0 Å². The number of carbonyl (C=O) groups excluding carboxylic acids is 2. The molecular formula is C12H15N3O2. The normalized spacial score (nSPS) is 15.8. The van der Waals surface area contributed by atoms with Crippen LogP contribution in [0.4, 0.5) is 5.82 Å². The lowest BCUT2D eigenvalue weighted by Crippen LogP contribution is -2.46. The summed E-state index contributed by atoms with van der Waals surface area (Å²) < 4.78 is 0.